The number of unbranched alkanes of at least 4 members (excludes halogenated alkanes) is 3. The number of piperidine rings is 1. The number of rotatable bonds is 13. The van der Waals surface area contributed by atoms with Crippen molar-refractivity contribution in [3.8, 4) is 0 Å². The predicted octanol–water partition coefficient (Wildman–Crippen LogP) is 10.3. The molecular weight excluding hydrogens is 763 g/mol. The van der Waals surface area contributed by atoms with Crippen LogP contribution < -0.4 is 51.2 Å². The smallest absolute Gasteiger partial charge is 0.0178 e. The van der Waals surface area contributed by atoms with Crippen LogP contribution in [0.2, 0.25) is 0 Å². The van der Waals surface area contributed by atoms with Gasteiger partial charge >= 0.3 is 0 Å². The SMILES string of the molecule is CC1CCCC(N)C1.CC1CCNCC1.CCC(C)(C)CN.CCC(C)N.CCCCCN.CCCCN.CCCN.CCc1ccc(CN)cc1.CCc1cccc(CN)c1. The van der Waals surface area contributed by atoms with Crippen molar-refractivity contribution in [3.05, 3.63) is 70.8 Å². The highest BCUT2D eigenvalue weighted by atomic mass is 14.9. The summed E-state index contributed by atoms with van der Waals surface area (Å²) in [5.74, 6) is 1.86. The molecule has 1 heterocycles. The van der Waals surface area contributed by atoms with Crippen molar-refractivity contribution in [1.29, 1.82) is 0 Å². The monoisotopic (exact) mass is 876 g/mol. The zero-order chi connectivity index (χ0) is 48.5. The van der Waals surface area contributed by atoms with Crippen LogP contribution >= 0.6 is 0 Å². The van der Waals surface area contributed by atoms with E-state index in [4.69, 9.17) is 45.9 Å². The number of nitrogens with two attached hydrogens (primary N) is 8. The van der Waals surface area contributed by atoms with Crippen molar-refractivity contribution in [2.45, 2.75) is 211 Å². The van der Waals surface area contributed by atoms with Crippen LogP contribution in [0.25, 0.3) is 0 Å². The summed E-state index contributed by atoms with van der Waals surface area (Å²) >= 11 is 0. The molecule has 2 aliphatic rings. The van der Waals surface area contributed by atoms with Gasteiger partial charge in [0.05, 0.1) is 0 Å². The largest absolute Gasteiger partial charge is 0.330 e. The fourth-order valence-corrected chi connectivity index (χ4v) is 5.08. The minimum atomic E-state index is 0.361. The standard InChI is InChI=1S/2C9H13N.C7H15N.C6H13N.C6H15N.C5H13N.2C4H11N.C3H9N/c1-2-8-3-5-9(7-10)6-4-8;1-2-8-4-3-5-9(6-8)7-10;1-6-3-2-4-7(8)5-6;1-6-2-4-7-5-3-6;1-4-6(2,3)5-7;1-2-3-4-5-6;1-3-4(2)5;1-2-3-4-5;1-2-3-4/h2*3-6H,2,7,10H2,1H3;6-7H,2-5,8H2,1H3;6-7H,2-5H2,1H3;4-5,7H2,1-3H3;2-6H2,1H3;4H,3,5H2,1-2H3;2-5H2,1H3;2-4H2,1H3. The van der Waals surface area contributed by atoms with Gasteiger partial charge in [0.15, 0.2) is 0 Å². The Balaban J connectivity index is -0.000000200. The van der Waals surface area contributed by atoms with Gasteiger partial charge in [0, 0.05) is 25.2 Å². The highest BCUT2D eigenvalue weighted by Gasteiger charge is 2.14. The average molecular weight is 877 g/mol. The van der Waals surface area contributed by atoms with E-state index in [0.717, 1.165) is 63.7 Å². The van der Waals surface area contributed by atoms with Crippen LogP contribution in [0.3, 0.4) is 0 Å². The molecule has 9 heteroatoms. The molecule has 2 fully saturated rings. The fourth-order valence-electron chi connectivity index (χ4n) is 5.08. The van der Waals surface area contributed by atoms with Crippen LogP contribution in [0.5, 0.6) is 0 Å². The molecule has 3 atom stereocenters. The Morgan fingerprint density at radius 1 is 0.613 bits per heavy atom. The summed E-state index contributed by atoms with van der Waals surface area (Å²) in [4.78, 5) is 0. The highest BCUT2D eigenvalue weighted by Crippen LogP contribution is 2.21. The Morgan fingerprint density at radius 3 is 1.35 bits per heavy atom. The van der Waals surface area contributed by atoms with E-state index in [1.165, 1.54) is 112 Å². The molecular formula is C53H113N9. The molecule has 2 aromatic carbocycles. The lowest BCUT2D eigenvalue weighted by Gasteiger charge is -2.22. The van der Waals surface area contributed by atoms with Gasteiger partial charge in [0.1, 0.15) is 0 Å². The maximum absolute atomic E-state index is 5.73. The lowest BCUT2D eigenvalue weighted by atomic mass is 9.88. The van der Waals surface area contributed by atoms with Crippen molar-refractivity contribution < 1.29 is 0 Å². The minimum Gasteiger partial charge on any atom is -0.330 e. The van der Waals surface area contributed by atoms with Crippen LogP contribution in [0.4, 0.5) is 0 Å². The summed E-state index contributed by atoms with van der Waals surface area (Å²) in [5, 5.41) is 3.32. The fraction of sp³-hybridized carbons (Fsp3) is 0.774. The summed E-state index contributed by atoms with van der Waals surface area (Å²) in [5.41, 5.74) is 48.3. The Morgan fingerprint density at radius 2 is 1.10 bits per heavy atom. The van der Waals surface area contributed by atoms with Gasteiger partial charge in [-0.25, -0.2) is 0 Å². The summed E-state index contributed by atoms with van der Waals surface area (Å²) in [7, 11) is 0. The van der Waals surface area contributed by atoms with E-state index in [2.05, 4.69) is 130 Å². The van der Waals surface area contributed by atoms with Crippen molar-refractivity contribution >= 4 is 0 Å². The minimum absolute atomic E-state index is 0.361. The lowest BCUT2D eigenvalue weighted by Crippen LogP contribution is -2.26. The molecule has 0 bridgehead atoms. The van der Waals surface area contributed by atoms with Crippen molar-refractivity contribution in [2.75, 3.05) is 39.3 Å². The number of hydrogen-bond acceptors (Lipinski definition) is 9. The molecule has 0 spiro atoms. The molecule has 62 heavy (non-hydrogen) atoms. The van der Waals surface area contributed by atoms with Crippen molar-refractivity contribution in [1.82, 2.24) is 5.32 Å². The van der Waals surface area contributed by atoms with E-state index >= 15 is 0 Å². The van der Waals surface area contributed by atoms with Gasteiger partial charge in [-0.3, -0.25) is 0 Å². The Kier molecular flexibility index (Phi) is 59.6. The molecule has 0 radical (unpaired) electrons. The third kappa shape index (κ3) is 56.1. The van der Waals surface area contributed by atoms with E-state index in [0.29, 0.717) is 30.6 Å². The summed E-state index contributed by atoms with van der Waals surface area (Å²) in [6, 6.07) is 17.7. The first-order chi connectivity index (χ1) is 29.5. The van der Waals surface area contributed by atoms with E-state index in [-0.39, 0.29) is 0 Å². The Hall–Kier alpha value is -1.92. The average Bonchev–Trinajstić information content (AvgIpc) is 3.30. The second kappa shape index (κ2) is 53.4. The summed E-state index contributed by atoms with van der Waals surface area (Å²) in [6.45, 7) is 32.9. The van der Waals surface area contributed by atoms with Crippen molar-refractivity contribution in [2.24, 2.45) is 63.1 Å². The molecule has 1 aliphatic carbocycles. The van der Waals surface area contributed by atoms with Gasteiger partial charge in [-0.1, -0.05) is 157 Å². The van der Waals surface area contributed by atoms with Gasteiger partial charge in [-0.05, 0) is 156 Å². The lowest BCUT2D eigenvalue weighted by molar-refractivity contribution is 0.344. The predicted molar refractivity (Wildman–Crippen MR) is 283 cm³/mol. The van der Waals surface area contributed by atoms with Crippen LogP contribution in [0, 0.1) is 17.3 Å². The molecule has 4 rings (SSSR count). The zero-order valence-corrected chi connectivity index (χ0v) is 43.5. The van der Waals surface area contributed by atoms with Crippen LogP contribution in [-0.4, -0.2) is 51.4 Å². The highest BCUT2D eigenvalue weighted by molar-refractivity contribution is 5.23. The number of aryl methyl sites for hydroxylation is 2. The van der Waals surface area contributed by atoms with Gasteiger partial charge < -0.3 is 51.2 Å². The molecule has 1 saturated carbocycles. The molecule has 9 nitrogen and oxygen atoms in total. The maximum Gasteiger partial charge on any atom is 0.0178 e. The molecule has 370 valence electrons. The van der Waals surface area contributed by atoms with E-state index in [1.54, 1.807) is 0 Å². The number of nitrogens with one attached hydrogen (secondary N) is 1. The molecule has 1 saturated heterocycles. The molecule has 17 N–H and O–H groups in total. The second-order valence-corrected chi connectivity index (χ2v) is 17.8. The molecule has 3 unspecified atom stereocenters. The van der Waals surface area contributed by atoms with Crippen molar-refractivity contribution in [3.63, 3.8) is 0 Å². The van der Waals surface area contributed by atoms with E-state index in [1.807, 2.05) is 6.92 Å². The normalized spacial score (nSPS) is 15.7. The van der Waals surface area contributed by atoms with Crippen LogP contribution in [-0.2, 0) is 25.9 Å². The van der Waals surface area contributed by atoms with E-state index < -0.39 is 0 Å². The van der Waals surface area contributed by atoms with Gasteiger partial charge in [0.25, 0.3) is 0 Å². The summed E-state index contributed by atoms with van der Waals surface area (Å²) in [6.07, 6.45) is 19.7. The third-order valence-corrected chi connectivity index (χ3v) is 10.7. The first-order valence-electron chi connectivity index (χ1n) is 25.1. The van der Waals surface area contributed by atoms with Crippen LogP contribution in [0.1, 0.15) is 195 Å². The summed E-state index contributed by atoms with van der Waals surface area (Å²) < 4.78 is 0. The van der Waals surface area contributed by atoms with Gasteiger partial charge in [-0.2, -0.15) is 0 Å². The molecule has 1 aliphatic heterocycles. The van der Waals surface area contributed by atoms with Gasteiger partial charge in [0.2, 0.25) is 0 Å². The topological polar surface area (TPSA) is 220 Å². The quantitative estimate of drug-likeness (QED) is 0.0873. The van der Waals surface area contributed by atoms with Gasteiger partial charge in [-0.15, -0.1) is 0 Å². The number of benzene rings is 2. The van der Waals surface area contributed by atoms with Crippen LogP contribution in [0.15, 0.2) is 48.5 Å². The first-order valence-corrected chi connectivity index (χ1v) is 25.1. The Labute approximate surface area is 388 Å². The third-order valence-electron chi connectivity index (χ3n) is 10.7. The zero-order valence-electron chi connectivity index (χ0n) is 43.5. The molecule has 0 amide bonds. The Bertz CT molecular complexity index is 1020. The molecule has 2 aromatic rings. The van der Waals surface area contributed by atoms with E-state index in [9.17, 15) is 0 Å². The molecule has 0 aromatic heterocycles. The second-order valence-electron chi connectivity index (χ2n) is 17.8. The maximum atomic E-state index is 5.73. The number of hydrogen-bond donors (Lipinski definition) is 9. The first kappa shape index (κ1) is 69.1.